The number of rotatable bonds is 5. The highest BCUT2D eigenvalue weighted by Gasteiger charge is 2.57. The Hall–Kier alpha value is -0.620. The lowest BCUT2D eigenvalue weighted by Gasteiger charge is -2.33. The van der Waals surface area contributed by atoms with Crippen LogP contribution in [0.2, 0.25) is 5.02 Å². The van der Waals surface area contributed by atoms with Gasteiger partial charge >= 0.3 is 0 Å². The maximum atomic E-state index is 11.2. The van der Waals surface area contributed by atoms with Crippen molar-refractivity contribution in [3.8, 4) is 5.75 Å². The Labute approximate surface area is 141 Å². The number of halogens is 2. The van der Waals surface area contributed by atoms with E-state index in [0.29, 0.717) is 10.8 Å². The Morgan fingerprint density at radius 3 is 2.86 bits per heavy atom. The Kier molecular flexibility index (Phi) is 4.03. The molecule has 3 nitrogen and oxygen atoms in total. The summed E-state index contributed by atoms with van der Waals surface area (Å²) in [4.78, 5) is 4.94. The van der Waals surface area contributed by atoms with Gasteiger partial charge in [-0.3, -0.25) is 4.98 Å². The van der Waals surface area contributed by atoms with Crippen molar-refractivity contribution in [2.75, 3.05) is 6.61 Å². The molecule has 1 heterocycles. The molecule has 6 heteroatoms. The fraction of sp³-hybridized carbons (Fsp3) is 0.400. The number of benzene rings is 1. The van der Waals surface area contributed by atoms with Crippen molar-refractivity contribution in [1.29, 1.82) is 0 Å². The zero-order chi connectivity index (χ0) is 15.1. The van der Waals surface area contributed by atoms with Crippen LogP contribution in [0.25, 0.3) is 0 Å². The standard InChI is InChI=1S/C15H15BrClNO2S/c1-14(4-5-14)15(19,13-7-18-9-21-13)8-20-10-2-3-11(16)12(17)6-10/h2-3,6-7,9,19H,4-5,8H2,1H3. The van der Waals surface area contributed by atoms with E-state index in [9.17, 15) is 5.11 Å². The maximum absolute atomic E-state index is 11.2. The second kappa shape index (κ2) is 5.54. The monoisotopic (exact) mass is 387 g/mol. The minimum absolute atomic E-state index is 0.140. The normalized spacial score (nSPS) is 19.0. The third-order valence-corrected chi connectivity index (χ3v) is 6.33. The van der Waals surface area contributed by atoms with E-state index >= 15 is 0 Å². The molecule has 1 fully saturated rings. The van der Waals surface area contributed by atoms with Crippen LogP contribution in [0.15, 0.2) is 34.4 Å². The van der Waals surface area contributed by atoms with Crippen molar-refractivity contribution in [3.63, 3.8) is 0 Å². The molecular formula is C15H15BrClNO2S. The van der Waals surface area contributed by atoms with E-state index in [1.165, 1.54) is 11.3 Å². The zero-order valence-corrected chi connectivity index (χ0v) is 14.6. The second-order valence-electron chi connectivity index (χ2n) is 5.65. The number of nitrogens with zero attached hydrogens (tertiary/aromatic N) is 1. The molecule has 0 aliphatic heterocycles. The van der Waals surface area contributed by atoms with E-state index < -0.39 is 5.60 Å². The Bertz CT molecular complexity index is 645. The fourth-order valence-corrected chi connectivity index (χ4v) is 3.59. The van der Waals surface area contributed by atoms with E-state index in [-0.39, 0.29) is 12.0 Å². The largest absolute Gasteiger partial charge is 0.490 e. The van der Waals surface area contributed by atoms with Crippen LogP contribution in [0.1, 0.15) is 24.6 Å². The van der Waals surface area contributed by atoms with Gasteiger partial charge in [0.2, 0.25) is 0 Å². The van der Waals surface area contributed by atoms with Gasteiger partial charge in [0.15, 0.2) is 0 Å². The quantitative estimate of drug-likeness (QED) is 0.812. The average molecular weight is 389 g/mol. The molecule has 1 aliphatic carbocycles. The summed E-state index contributed by atoms with van der Waals surface area (Å²) in [6, 6.07) is 5.41. The first-order chi connectivity index (χ1) is 9.95. The molecular weight excluding hydrogens is 374 g/mol. The van der Waals surface area contributed by atoms with Crippen molar-refractivity contribution in [2.45, 2.75) is 25.4 Å². The smallest absolute Gasteiger partial charge is 0.139 e. The molecule has 0 bridgehead atoms. The molecule has 21 heavy (non-hydrogen) atoms. The van der Waals surface area contributed by atoms with Gasteiger partial charge in [0.05, 0.1) is 15.4 Å². The number of thiazole rings is 1. The predicted octanol–water partition coefficient (Wildman–Crippen LogP) is 4.63. The highest BCUT2D eigenvalue weighted by Crippen LogP contribution is 2.58. The lowest BCUT2D eigenvalue weighted by atomic mass is 9.85. The third-order valence-electron chi connectivity index (χ3n) is 4.18. The van der Waals surface area contributed by atoms with Crippen molar-refractivity contribution < 1.29 is 9.84 Å². The van der Waals surface area contributed by atoms with E-state index in [0.717, 1.165) is 22.2 Å². The Balaban J connectivity index is 1.81. The maximum Gasteiger partial charge on any atom is 0.139 e. The lowest BCUT2D eigenvalue weighted by Crippen LogP contribution is -2.40. The van der Waals surface area contributed by atoms with Crippen molar-refractivity contribution in [3.05, 3.63) is 44.3 Å². The van der Waals surface area contributed by atoms with Crippen molar-refractivity contribution >= 4 is 38.9 Å². The van der Waals surface area contributed by atoms with Gasteiger partial charge in [0.25, 0.3) is 0 Å². The summed E-state index contributed by atoms with van der Waals surface area (Å²) < 4.78 is 6.64. The van der Waals surface area contributed by atoms with Crippen LogP contribution >= 0.6 is 38.9 Å². The van der Waals surface area contributed by atoms with E-state index in [1.807, 2.05) is 12.1 Å². The van der Waals surface area contributed by atoms with Crippen LogP contribution in [0.3, 0.4) is 0 Å². The number of hydrogen-bond donors (Lipinski definition) is 1. The van der Waals surface area contributed by atoms with E-state index in [4.69, 9.17) is 16.3 Å². The molecule has 1 N–H and O–H groups in total. The molecule has 1 saturated carbocycles. The number of hydrogen-bond acceptors (Lipinski definition) is 4. The summed E-state index contributed by atoms with van der Waals surface area (Å²) in [5, 5.41) is 11.7. The SMILES string of the molecule is CC1(C(O)(COc2ccc(Br)c(Cl)c2)c2cncs2)CC1. The van der Waals surface area contributed by atoms with Gasteiger partial charge in [0.1, 0.15) is 18.0 Å². The molecule has 3 rings (SSSR count). The molecule has 0 saturated heterocycles. The number of aromatic nitrogens is 1. The van der Waals surface area contributed by atoms with E-state index in [2.05, 4.69) is 27.8 Å². The van der Waals surface area contributed by atoms with Gasteiger partial charge in [-0.1, -0.05) is 18.5 Å². The minimum Gasteiger partial charge on any atom is -0.490 e. The topological polar surface area (TPSA) is 42.4 Å². The molecule has 112 valence electrons. The third kappa shape index (κ3) is 2.84. The molecule has 0 spiro atoms. The molecule has 0 amide bonds. The van der Waals surface area contributed by atoms with Crippen LogP contribution in [-0.2, 0) is 5.60 Å². The van der Waals surface area contributed by atoms with Crippen molar-refractivity contribution in [1.82, 2.24) is 4.98 Å². The summed E-state index contributed by atoms with van der Waals surface area (Å²) in [6.45, 7) is 2.29. The molecule has 1 aromatic heterocycles. The summed E-state index contributed by atoms with van der Waals surface area (Å²) >= 11 is 10.9. The fourth-order valence-electron chi connectivity index (χ4n) is 2.32. The molecule has 1 unspecified atom stereocenters. The van der Waals surface area contributed by atoms with Gasteiger partial charge in [-0.15, -0.1) is 11.3 Å². The van der Waals surface area contributed by atoms with Crippen LogP contribution < -0.4 is 4.74 Å². The number of ether oxygens (including phenoxy) is 1. The summed E-state index contributed by atoms with van der Waals surface area (Å²) in [5.74, 6) is 0.649. The first-order valence-corrected chi connectivity index (χ1v) is 8.69. The zero-order valence-electron chi connectivity index (χ0n) is 11.5. The summed E-state index contributed by atoms with van der Waals surface area (Å²) in [6.07, 6.45) is 3.71. The van der Waals surface area contributed by atoms with Crippen LogP contribution in [0.4, 0.5) is 0 Å². The molecule has 1 atom stereocenters. The van der Waals surface area contributed by atoms with Gasteiger partial charge in [-0.2, -0.15) is 0 Å². The Morgan fingerprint density at radius 2 is 2.29 bits per heavy atom. The first kappa shape index (κ1) is 15.3. The minimum atomic E-state index is -1.01. The summed E-state index contributed by atoms with van der Waals surface area (Å²) in [7, 11) is 0. The van der Waals surface area contributed by atoms with Crippen molar-refractivity contribution in [2.24, 2.45) is 5.41 Å². The van der Waals surface area contributed by atoms with Crippen LogP contribution in [-0.4, -0.2) is 16.7 Å². The first-order valence-electron chi connectivity index (χ1n) is 6.64. The molecule has 1 aromatic carbocycles. The van der Waals surface area contributed by atoms with Gasteiger partial charge in [-0.25, -0.2) is 0 Å². The lowest BCUT2D eigenvalue weighted by molar-refractivity contribution is -0.0638. The van der Waals surface area contributed by atoms with Gasteiger partial charge < -0.3 is 9.84 Å². The Morgan fingerprint density at radius 1 is 1.52 bits per heavy atom. The molecule has 0 radical (unpaired) electrons. The van der Waals surface area contributed by atoms with Gasteiger partial charge in [0, 0.05) is 16.1 Å². The second-order valence-corrected chi connectivity index (χ2v) is 7.80. The predicted molar refractivity (Wildman–Crippen MR) is 88.0 cm³/mol. The highest BCUT2D eigenvalue weighted by atomic mass is 79.9. The van der Waals surface area contributed by atoms with Crippen LogP contribution in [0, 0.1) is 5.41 Å². The summed E-state index contributed by atoms with van der Waals surface area (Å²) in [5.41, 5.74) is 0.592. The van der Waals surface area contributed by atoms with Gasteiger partial charge in [-0.05, 0) is 47.0 Å². The number of aliphatic hydroxyl groups is 1. The van der Waals surface area contributed by atoms with Crippen LogP contribution in [0.5, 0.6) is 5.75 Å². The molecule has 2 aromatic rings. The molecule has 1 aliphatic rings. The van der Waals surface area contributed by atoms with E-state index in [1.54, 1.807) is 17.8 Å². The average Bonchev–Trinajstić information content (AvgIpc) is 3.01. The highest BCUT2D eigenvalue weighted by molar-refractivity contribution is 9.10.